The molecule has 4 rings (SSSR count). The molecule has 0 atom stereocenters. The van der Waals surface area contributed by atoms with E-state index >= 15 is 0 Å². The second kappa shape index (κ2) is 7.79. The van der Waals surface area contributed by atoms with Gasteiger partial charge < -0.3 is 10.1 Å². The lowest BCUT2D eigenvalue weighted by Gasteiger charge is -2.13. The Hall–Kier alpha value is -3.61. The van der Waals surface area contributed by atoms with Crippen LogP contribution in [0, 0.1) is 0 Å². The number of benzene rings is 2. The van der Waals surface area contributed by atoms with Crippen LogP contribution in [0.5, 0.6) is 0 Å². The average Bonchev–Trinajstić information content (AvgIpc) is 3.36. The lowest BCUT2D eigenvalue weighted by Crippen LogP contribution is -2.23. The summed E-state index contributed by atoms with van der Waals surface area (Å²) in [6.07, 6.45) is -0.352. The Morgan fingerprint density at radius 2 is 1.79 bits per heavy atom. The molecule has 1 N–H and O–H groups in total. The molecule has 1 aromatic heterocycles. The maximum absolute atomic E-state index is 12.8. The highest BCUT2D eigenvalue weighted by Gasteiger charge is 2.23. The smallest absolute Gasteiger partial charge is 0.414 e. The molecule has 1 aliphatic rings. The average molecular weight is 390 g/mol. The van der Waals surface area contributed by atoms with E-state index in [1.165, 1.54) is 0 Å². The Morgan fingerprint density at radius 3 is 2.41 bits per heavy atom. The fourth-order valence-electron chi connectivity index (χ4n) is 3.24. The summed E-state index contributed by atoms with van der Waals surface area (Å²) in [5.41, 5.74) is 3.60. The van der Waals surface area contributed by atoms with Gasteiger partial charge in [0.25, 0.3) is 5.91 Å². The van der Waals surface area contributed by atoms with Gasteiger partial charge in [-0.05, 0) is 48.4 Å². The van der Waals surface area contributed by atoms with Gasteiger partial charge in [-0.3, -0.25) is 9.69 Å². The van der Waals surface area contributed by atoms with Gasteiger partial charge >= 0.3 is 6.09 Å². The molecule has 0 radical (unpaired) electrons. The van der Waals surface area contributed by atoms with Crippen LogP contribution in [-0.4, -0.2) is 34.9 Å². The standard InChI is InChI=1S/C22H22N4O3/c1-15(2)20-14-19(24-26(20)18-6-4-3-5-7-18)21(27)23-16-8-10-17(11-9-16)25-12-13-29-22(25)28/h3-11,14-15H,12-13H2,1-2H3,(H,23,27). The van der Waals surface area contributed by atoms with Crippen LogP contribution in [-0.2, 0) is 4.74 Å². The van der Waals surface area contributed by atoms with Gasteiger partial charge in [-0.25, -0.2) is 9.48 Å². The minimum Gasteiger partial charge on any atom is -0.447 e. The summed E-state index contributed by atoms with van der Waals surface area (Å²) in [6, 6.07) is 18.7. The van der Waals surface area contributed by atoms with Crippen molar-refractivity contribution in [2.45, 2.75) is 19.8 Å². The summed E-state index contributed by atoms with van der Waals surface area (Å²) in [7, 11) is 0. The summed E-state index contributed by atoms with van der Waals surface area (Å²) in [5, 5.41) is 7.39. The van der Waals surface area contributed by atoms with E-state index in [4.69, 9.17) is 4.74 Å². The lowest BCUT2D eigenvalue weighted by molar-refractivity contribution is 0.102. The van der Waals surface area contributed by atoms with E-state index in [0.29, 0.717) is 24.5 Å². The molecule has 2 heterocycles. The molecule has 7 nitrogen and oxygen atoms in total. The number of nitrogens with zero attached hydrogens (tertiary/aromatic N) is 3. The van der Waals surface area contributed by atoms with Gasteiger partial charge in [0.2, 0.25) is 0 Å². The topological polar surface area (TPSA) is 76.5 Å². The van der Waals surface area contributed by atoms with Gasteiger partial charge in [0, 0.05) is 17.1 Å². The summed E-state index contributed by atoms with van der Waals surface area (Å²) < 4.78 is 6.76. The second-order valence-electron chi connectivity index (χ2n) is 7.12. The zero-order valence-electron chi connectivity index (χ0n) is 16.3. The van der Waals surface area contributed by atoms with Crippen LogP contribution in [0.25, 0.3) is 5.69 Å². The number of carbonyl (C=O) groups is 2. The third-order valence-electron chi connectivity index (χ3n) is 4.76. The van der Waals surface area contributed by atoms with Crippen molar-refractivity contribution in [3.05, 3.63) is 72.1 Å². The molecule has 7 heteroatoms. The Morgan fingerprint density at radius 1 is 1.07 bits per heavy atom. The summed E-state index contributed by atoms with van der Waals surface area (Å²) >= 11 is 0. The monoisotopic (exact) mass is 390 g/mol. The zero-order chi connectivity index (χ0) is 20.4. The van der Waals surface area contributed by atoms with Gasteiger partial charge in [-0.15, -0.1) is 0 Å². The van der Waals surface area contributed by atoms with Crippen LogP contribution in [0.3, 0.4) is 0 Å². The predicted molar refractivity (Wildman–Crippen MR) is 111 cm³/mol. The number of rotatable bonds is 5. The second-order valence-corrected chi connectivity index (χ2v) is 7.12. The van der Waals surface area contributed by atoms with Crippen molar-refractivity contribution in [2.24, 2.45) is 0 Å². The van der Waals surface area contributed by atoms with Gasteiger partial charge in [0.1, 0.15) is 6.61 Å². The predicted octanol–water partition coefficient (Wildman–Crippen LogP) is 4.20. The Labute approximate surface area is 168 Å². The summed E-state index contributed by atoms with van der Waals surface area (Å²) in [5.74, 6) is -0.0707. The number of nitrogens with one attached hydrogen (secondary N) is 1. The number of carbonyl (C=O) groups excluding carboxylic acids is 2. The molecular weight excluding hydrogens is 368 g/mol. The normalized spacial score (nSPS) is 13.6. The van der Waals surface area contributed by atoms with Crippen molar-refractivity contribution in [3.8, 4) is 5.69 Å². The SMILES string of the molecule is CC(C)c1cc(C(=O)Nc2ccc(N3CCOC3=O)cc2)nn1-c1ccccc1. The molecular formula is C22H22N4O3. The van der Waals surface area contributed by atoms with E-state index in [1.807, 2.05) is 41.1 Å². The quantitative estimate of drug-likeness (QED) is 0.708. The molecule has 148 valence electrons. The number of anilines is 2. The molecule has 0 bridgehead atoms. The summed E-state index contributed by atoms with van der Waals surface area (Å²) in [6.45, 7) is 5.06. The van der Waals surface area contributed by atoms with E-state index in [0.717, 1.165) is 17.1 Å². The molecule has 0 spiro atoms. The fourth-order valence-corrected chi connectivity index (χ4v) is 3.24. The maximum Gasteiger partial charge on any atom is 0.414 e. The number of para-hydroxylation sites is 1. The Bertz CT molecular complexity index is 1030. The zero-order valence-corrected chi connectivity index (χ0v) is 16.3. The lowest BCUT2D eigenvalue weighted by atomic mass is 10.1. The fraction of sp³-hybridized carbons (Fsp3) is 0.227. The minimum atomic E-state index is -0.352. The van der Waals surface area contributed by atoms with E-state index in [9.17, 15) is 9.59 Å². The molecule has 3 aromatic rings. The van der Waals surface area contributed by atoms with Gasteiger partial charge in [-0.2, -0.15) is 5.10 Å². The number of ether oxygens (including phenoxy) is 1. The minimum absolute atomic E-state index is 0.212. The van der Waals surface area contributed by atoms with E-state index in [-0.39, 0.29) is 17.9 Å². The largest absolute Gasteiger partial charge is 0.447 e. The van der Waals surface area contributed by atoms with Crippen LogP contribution >= 0.6 is 0 Å². The third kappa shape index (κ3) is 3.85. The molecule has 29 heavy (non-hydrogen) atoms. The van der Waals surface area contributed by atoms with Crippen molar-refractivity contribution in [1.82, 2.24) is 9.78 Å². The van der Waals surface area contributed by atoms with Gasteiger partial charge in [-0.1, -0.05) is 32.0 Å². The molecule has 2 aromatic carbocycles. The van der Waals surface area contributed by atoms with Crippen molar-refractivity contribution >= 4 is 23.4 Å². The number of hydrogen-bond donors (Lipinski definition) is 1. The van der Waals surface area contributed by atoms with Crippen molar-refractivity contribution in [1.29, 1.82) is 0 Å². The molecule has 1 fully saturated rings. The van der Waals surface area contributed by atoms with Crippen LogP contribution in [0.1, 0.15) is 35.9 Å². The molecule has 1 aliphatic heterocycles. The molecule has 0 unspecified atom stereocenters. The summed E-state index contributed by atoms with van der Waals surface area (Å²) in [4.78, 5) is 26.0. The number of amides is 2. The first-order valence-electron chi connectivity index (χ1n) is 9.54. The number of hydrogen-bond acceptors (Lipinski definition) is 4. The highest BCUT2D eigenvalue weighted by atomic mass is 16.6. The van der Waals surface area contributed by atoms with E-state index in [1.54, 1.807) is 29.2 Å². The van der Waals surface area contributed by atoms with Crippen LogP contribution < -0.4 is 10.2 Å². The highest BCUT2D eigenvalue weighted by Crippen LogP contribution is 2.23. The molecule has 1 saturated heterocycles. The number of cyclic esters (lactones) is 1. The first kappa shape index (κ1) is 18.7. The Kier molecular flexibility index (Phi) is 5.03. The molecule has 2 amide bonds. The van der Waals surface area contributed by atoms with Crippen LogP contribution in [0.15, 0.2) is 60.7 Å². The first-order chi connectivity index (χ1) is 14.0. The van der Waals surface area contributed by atoms with Gasteiger partial charge in [0.15, 0.2) is 5.69 Å². The number of aromatic nitrogens is 2. The Balaban J connectivity index is 1.53. The molecule has 0 aliphatic carbocycles. The van der Waals surface area contributed by atoms with Crippen LogP contribution in [0.4, 0.5) is 16.2 Å². The van der Waals surface area contributed by atoms with Crippen molar-refractivity contribution < 1.29 is 14.3 Å². The van der Waals surface area contributed by atoms with Crippen molar-refractivity contribution in [2.75, 3.05) is 23.4 Å². The molecule has 0 saturated carbocycles. The maximum atomic E-state index is 12.8. The highest BCUT2D eigenvalue weighted by molar-refractivity contribution is 6.03. The third-order valence-corrected chi connectivity index (χ3v) is 4.76. The van der Waals surface area contributed by atoms with E-state index in [2.05, 4.69) is 24.3 Å². The van der Waals surface area contributed by atoms with Gasteiger partial charge in [0.05, 0.1) is 12.2 Å². The van der Waals surface area contributed by atoms with Crippen molar-refractivity contribution in [3.63, 3.8) is 0 Å². The van der Waals surface area contributed by atoms with E-state index < -0.39 is 0 Å². The first-order valence-corrected chi connectivity index (χ1v) is 9.54. The van der Waals surface area contributed by atoms with Crippen LogP contribution in [0.2, 0.25) is 0 Å².